The molecule has 0 bridgehead atoms. The van der Waals surface area contributed by atoms with E-state index in [9.17, 15) is 0 Å². The van der Waals surface area contributed by atoms with Gasteiger partial charge in [-0.25, -0.2) is 0 Å². The first kappa shape index (κ1) is 29.2. The van der Waals surface area contributed by atoms with Gasteiger partial charge in [-0.15, -0.1) is 0 Å². The molecular formula is C28H60Si. The van der Waals surface area contributed by atoms with Gasteiger partial charge in [0.25, 0.3) is 0 Å². The molecule has 0 heterocycles. The first-order chi connectivity index (χ1) is 14.2. The van der Waals surface area contributed by atoms with Crippen LogP contribution in [0.2, 0.25) is 24.2 Å². The summed E-state index contributed by atoms with van der Waals surface area (Å²) in [4.78, 5) is 0. The molecule has 0 rings (SSSR count). The third-order valence-corrected chi connectivity index (χ3v) is 13.7. The molecule has 0 unspecified atom stereocenters. The monoisotopic (exact) mass is 424 g/mol. The molecule has 0 aromatic carbocycles. The van der Waals surface area contributed by atoms with Crippen LogP contribution < -0.4 is 0 Å². The van der Waals surface area contributed by atoms with Gasteiger partial charge in [0.15, 0.2) is 0 Å². The van der Waals surface area contributed by atoms with E-state index < -0.39 is 8.07 Å². The zero-order chi connectivity index (χ0) is 21.5. The molecule has 0 nitrogen and oxygen atoms in total. The lowest BCUT2D eigenvalue weighted by molar-refractivity contribution is 0.522. The molecule has 1 heteroatoms. The van der Waals surface area contributed by atoms with E-state index in [1.807, 2.05) is 0 Å². The summed E-state index contributed by atoms with van der Waals surface area (Å²) in [5, 5.41) is 0. The fourth-order valence-corrected chi connectivity index (χ4v) is 8.60. The first-order valence-electron chi connectivity index (χ1n) is 14.2. The van der Waals surface area contributed by atoms with Gasteiger partial charge in [0.05, 0.1) is 8.07 Å². The maximum atomic E-state index is 2.45. The largest absolute Gasteiger partial charge is 0.0678 e. The van der Waals surface area contributed by atoms with Crippen LogP contribution in [0.5, 0.6) is 0 Å². The van der Waals surface area contributed by atoms with Crippen molar-refractivity contribution in [3.05, 3.63) is 0 Å². The van der Waals surface area contributed by atoms with Crippen LogP contribution in [0.25, 0.3) is 0 Å². The Kier molecular flexibility index (Phi) is 23.1. The summed E-state index contributed by atoms with van der Waals surface area (Å²) in [6, 6.07) is 6.15. The maximum absolute atomic E-state index is 2.45. The van der Waals surface area contributed by atoms with Gasteiger partial charge in [0.2, 0.25) is 0 Å². The number of unbranched alkanes of at least 4 members (excludes halogenated alkanes) is 19. The Morgan fingerprint density at radius 2 is 0.552 bits per heavy atom. The molecule has 0 spiro atoms. The first-order valence-corrected chi connectivity index (χ1v) is 17.1. The fourth-order valence-electron chi connectivity index (χ4n) is 5.04. The van der Waals surface area contributed by atoms with Crippen molar-refractivity contribution >= 4 is 8.07 Å². The van der Waals surface area contributed by atoms with Crippen molar-refractivity contribution in [3.8, 4) is 0 Å². The Hall–Kier alpha value is 0.217. The molecule has 29 heavy (non-hydrogen) atoms. The predicted molar refractivity (Wildman–Crippen MR) is 140 cm³/mol. The third-order valence-electron chi connectivity index (χ3n) is 7.81. The van der Waals surface area contributed by atoms with Gasteiger partial charge in [0, 0.05) is 0 Å². The van der Waals surface area contributed by atoms with Crippen molar-refractivity contribution in [2.45, 2.75) is 180 Å². The molecule has 0 aliphatic carbocycles. The normalized spacial score (nSPS) is 12.0. The van der Waals surface area contributed by atoms with E-state index in [1.54, 1.807) is 6.04 Å². The van der Waals surface area contributed by atoms with Gasteiger partial charge in [-0.05, 0) is 0 Å². The second-order valence-corrected chi connectivity index (χ2v) is 15.6. The molecule has 0 aliphatic rings. The van der Waals surface area contributed by atoms with Gasteiger partial charge in [-0.3, -0.25) is 0 Å². The summed E-state index contributed by atoms with van der Waals surface area (Å²) in [6.07, 6.45) is 29.7. The van der Waals surface area contributed by atoms with Gasteiger partial charge >= 0.3 is 0 Å². The molecule has 0 aromatic rings. The molecular weight excluding hydrogens is 364 g/mol. The van der Waals surface area contributed by atoms with E-state index in [0.29, 0.717) is 0 Å². The predicted octanol–water partition coefficient (Wildman–Crippen LogP) is 11.3. The van der Waals surface area contributed by atoms with E-state index in [2.05, 4.69) is 27.7 Å². The van der Waals surface area contributed by atoms with E-state index in [0.717, 1.165) is 0 Å². The average Bonchev–Trinajstić information content (AvgIpc) is 2.75. The standard InChI is InChI=1S/C28H60Si/c1-5-9-10-11-12-13-14-15-16-17-18-19-20-21-22-23-24-25-26-27-28-29(6-2,7-3)8-4/h5-28H2,1-4H3. The molecule has 0 atom stereocenters. The summed E-state index contributed by atoms with van der Waals surface area (Å²) in [5.74, 6) is 0. The van der Waals surface area contributed by atoms with Gasteiger partial charge in [0.1, 0.15) is 0 Å². The zero-order valence-electron chi connectivity index (χ0n) is 21.5. The van der Waals surface area contributed by atoms with Crippen molar-refractivity contribution in [2.75, 3.05) is 0 Å². The molecule has 0 amide bonds. The molecule has 0 aromatic heterocycles. The molecule has 0 N–H and O–H groups in total. The summed E-state index contributed by atoms with van der Waals surface area (Å²) in [6.45, 7) is 9.67. The quantitative estimate of drug-likeness (QED) is 0.107. The minimum atomic E-state index is -0.831. The van der Waals surface area contributed by atoms with E-state index in [4.69, 9.17) is 0 Å². The van der Waals surface area contributed by atoms with Crippen molar-refractivity contribution < 1.29 is 0 Å². The zero-order valence-corrected chi connectivity index (χ0v) is 22.5. The Morgan fingerprint density at radius 3 is 0.793 bits per heavy atom. The van der Waals surface area contributed by atoms with Crippen LogP contribution in [0.15, 0.2) is 0 Å². The highest BCUT2D eigenvalue weighted by atomic mass is 28.3. The fraction of sp³-hybridized carbons (Fsp3) is 1.00. The van der Waals surface area contributed by atoms with E-state index in [-0.39, 0.29) is 0 Å². The smallest absolute Gasteiger partial charge is 0.0527 e. The highest BCUT2D eigenvalue weighted by Crippen LogP contribution is 2.27. The highest BCUT2D eigenvalue weighted by molar-refractivity contribution is 6.79. The van der Waals surface area contributed by atoms with Crippen LogP contribution >= 0.6 is 0 Å². The minimum Gasteiger partial charge on any atom is -0.0678 e. The average molecular weight is 425 g/mol. The van der Waals surface area contributed by atoms with Crippen molar-refractivity contribution in [2.24, 2.45) is 0 Å². The Bertz CT molecular complexity index is 286. The molecule has 0 fully saturated rings. The van der Waals surface area contributed by atoms with Gasteiger partial charge in [-0.1, -0.05) is 180 Å². The number of rotatable bonds is 24. The second-order valence-electron chi connectivity index (χ2n) is 10.0. The second kappa shape index (κ2) is 22.9. The Labute approximate surface area is 188 Å². The van der Waals surface area contributed by atoms with Gasteiger partial charge < -0.3 is 0 Å². The highest BCUT2D eigenvalue weighted by Gasteiger charge is 2.25. The van der Waals surface area contributed by atoms with Crippen LogP contribution in [0.4, 0.5) is 0 Å². The van der Waals surface area contributed by atoms with Crippen LogP contribution in [0, 0.1) is 0 Å². The van der Waals surface area contributed by atoms with Crippen molar-refractivity contribution in [1.29, 1.82) is 0 Å². The number of hydrogen-bond acceptors (Lipinski definition) is 0. The SMILES string of the molecule is CCCCCCCCCCCCCCCCCCCCCC[Si](CC)(CC)CC. The van der Waals surface area contributed by atoms with Gasteiger partial charge in [-0.2, -0.15) is 0 Å². The van der Waals surface area contributed by atoms with E-state index in [1.165, 1.54) is 147 Å². The summed E-state index contributed by atoms with van der Waals surface area (Å²) < 4.78 is 0. The van der Waals surface area contributed by atoms with Crippen LogP contribution in [0.3, 0.4) is 0 Å². The van der Waals surface area contributed by atoms with Crippen LogP contribution in [-0.4, -0.2) is 8.07 Å². The summed E-state index contributed by atoms with van der Waals surface area (Å²) in [7, 11) is -0.831. The third kappa shape index (κ3) is 18.7. The molecule has 176 valence electrons. The maximum Gasteiger partial charge on any atom is 0.0527 e. The molecule has 0 radical (unpaired) electrons. The lowest BCUT2D eigenvalue weighted by Crippen LogP contribution is -2.30. The van der Waals surface area contributed by atoms with Crippen molar-refractivity contribution in [3.63, 3.8) is 0 Å². The summed E-state index contributed by atoms with van der Waals surface area (Å²) in [5.41, 5.74) is 0. The Balaban J connectivity index is 3.17. The number of hydrogen-bond donors (Lipinski definition) is 0. The topological polar surface area (TPSA) is 0 Å². The van der Waals surface area contributed by atoms with Crippen LogP contribution in [-0.2, 0) is 0 Å². The molecule has 0 saturated heterocycles. The Morgan fingerprint density at radius 1 is 0.310 bits per heavy atom. The van der Waals surface area contributed by atoms with E-state index >= 15 is 0 Å². The van der Waals surface area contributed by atoms with Crippen molar-refractivity contribution in [1.82, 2.24) is 0 Å². The van der Waals surface area contributed by atoms with Crippen LogP contribution in [0.1, 0.15) is 156 Å². The minimum absolute atomic E-state index is 0.831. The molecule has 0 saturated carbocycles. The lowest BCUT2D eigenvalue weighted by atomic mass is 10.0. The lowest BCUT2D eigenvalue weighted by Gasteiger charge is -2.28. The summed E-state index contributed by atoms with van der Waals surface area (Å²) >= 11 is 0. The molecule has 0 aliphatic heterocycles.